The van der Waals surface area contributed by atoms with Gasteiger partial charge in [0.25, 0.3) is 5.56 Å². The monoisotopic (exact) mass is 452 g/mol. The van der Waals surface area contributed by atoms with E-state index in [0.717, 1.165) is 0 Å². The van der Waals surface area contributed by atoms with Crippen LogP contribution in [0.3, 0.4) is 0 Å². The van der Waals surface area contributed by atoms with Crippen molar-refractivity contribution in [3.05, 3.63) is 70.8 Å². The second-order valence-electron chi connectivity index (χ2n) is 7.74. The number of carbonyl (C=O) groups is 1. The minimum Gasteiger partial charge on any atom is -0.493 e. The summed E-state index contributed by atoms with van der Waals surface area (Å²) >= 11 is 0. The van der Waals surface area contributed by atoms with Crippen molar-refractivity contribution in [2.75, 3.05) is 37.5 Å². The van der Waals surface area contributed by atoms with Gasteiger partial charge < -0.3 is 19.7 Å². The Hall–Kier alpha value is -3.88. The lowest BCUT2D eigenvalue weighted by Crippen LogP contribution is -2.39. The number of benzene rings is 2. The van der Waals surface area contributed by atoms with Gasteiger partial charge in [-0.05, 0) is 55.3 Å². The van der Waals surface area contributed by atoms with Crippen LogP contribution in [0.25, 0.3) is 5.69 Å². The number of hydrogen-bond donors (Lipinski definition) is 1. The number of piperidine rings is 1. The molecule has 2 heterocycles. The lowest BCUT2D eigenvalue weighted by molar-refractivity contribution is -0.120. The molecule has 1 saturated heterocycles. The van der Waals surface area contributed by atoms with E-state index in [2.05, 4.69) is 10.4 Å². The second-order valence-corrected chi connectivity index (χ2v) is 7.74. The Morgan fingerprint density at radius 2 is 1.70 bits per heavy atom. The Morgan fingerprint density at radius 1 is 1.00 bits per heavy atom. The first-order valence-electron chi connectivity index (χ1n) is 10.6. The third kappa shape index (κ3) is 4.97. The molecule has 0 unspecified atom stereocenters. The molecular weight excluding hydrogens is 427 g/mol. The predicted molar refractivity (Wildman–Crippen MR) is 123 cm³/mol. The first-order valence-corrected chi connectivity index (χ1v) is 10.6. The van der Waals surface area contributed by atoms with E-state index >= 15 is 0 Å². The number of methoxy groups -OCH3 is 2. The van der Waals surface area contributed by atoms with E-state index in [1.54, 1.807) is 38.5 Å². The molecule has 0 saturated carbocycles. The van der Waals surface area contributed by atoms with Crippen molar-refractivity contribution >= 4 is 17.4 Å². The number of aromatic nitrogens is 2. The third-order valence-corrected chi connectivity index (χ3v) is 5.70. The number of nitrogens with zero attached hydrogens (tertiary/aromatic N) is 3. The van der Waals surface area contributed by atoms with Crippen LogP contribution in [0.5, 0.6) is 11.5 Å². The van der Waals surface area contributed by atoms with Crippen molar-refractivity contribution in [1.29, 1.82) is 0 Å². The van der Waals surface area contributed by atoms with E-state index in [0.29, 0.717) is 54.6 Å². The maximum Gasteiger partial charge on any atom is 0.271 e. The normalized spacial score (nSPS) is 14.1. The summed E-state index contributed by atoms with van der Waals surface area (Å²) in [6.07, 6.45) is 1.30. The number of nitrogens with one attached hydrogen (secondary N) is 1. The number of amides is 1. The fourth-order valence-corrected chi connectivity index (χ4v) is 3.87. The van der Waals surface area contributed by atoms with Crippen LogP contribution in [0.15, 0.2) is 59.4 Å². The molecule has 0 radical (unpaired) electrons. The van der Waals surface area contributed by atoms with E-state index in [9.17, 15) is 14.0 Å². The topological polar surface area (TPSA) is 85.7 Å². The predicted octanol–water partition coefficient (Wildman–Crippen LogP) is 3.24. The molecule has 2 aromatic carbocycles. The summed E-state index contributed by atoms with van der Waals surface area (Å²) in [5.74, 6) is 1.21. The molecule has 0 aliphatic carbocycles. The molecule has 9 heteroatoms. The zero-order valence-electron chi connectivity index (χ0n) is 18.5. The highest BCUT2D eigenvalue weighted by Gasteiger charge is 2.26. The molecule has 4 rings (SSSR count). The smallest absolute Gasteiger partial charge is 0.271 e. The van der Waals surface area contributed by atoms with Gasteiger partial charge in [0, 0.05) is 36.8 Å². The maximum absolute atomic E-state index is 13.2. The van der Waals surface area contributed by atoms with Crippen LogP contribution in [-0.2, 0) is 4.79 Å². The van der Waals surface area contributed by atoms with E-state index < -0.39 is 0 Å². The van der Waals surface area contributed by atoms with Crippen molar-refractivity contribution in [3.63, 3.8) is 0 Å². The van der Waals surface area contributed by atoms with Gasteiger partial charge in [-0.1, -0.05) is 0 Å². The van der Waals surface area contributed by atoms with Crippen molar-refractivity contribution < 1.29 is 18.7 Å². The highest BCUT2D eigenvalue weighted by molar-refractivity contribution is 5.93. The molecule has 1 aliphatic heterocycles. The fourth-order valence-electron chi connectivity index (χ4n) is 3.87. The fraction of sp³-hybridized carbons (Fsp3) is 0.292. The Morgan fingerprint density at radius 3 is 2.36 bits per heavy atom. The number of halogens is 1. The van der Waals surface area contributed by atoms with Gasteiger partial charge in [-0.3, -0.25) is 9.59 Å². The van der Waals surface area contributed by atoms with Crippen LogP contribution in [0.4, 0.5) is 15.9 Å². The van der Waals surface area contributed by atoms with Gasteiger partial charge in [-0.2, -0.15) is 4.68 Å². The number of anilines is 2. The quantitative estimate of drug-likeness (QED) is 0.618. The molecule has 8 nitrogen and oxygen atoms in total. The Bertz CT molecular complexity index is 1190. The minimum absolute atomic E-state index is 0.0499. The zero-order chi connectivity index (χ0) is 23.4. The summed E-state index contributed by atoms with van der Waals surface area (Å²) in [6, 6.07) is 14.0. The Balaban J connectivity index is 1.41. The molecule has 1 N–H and O–H groups in total. The van der Waals surface area contributed by atoms with Crippen molar-refractivity contribution in [2.24, 2.45) is 5.92 Å². The Labute approximate surface area is 190 Å². The van der Waals surface area contributed by atoms with E-state index in [1.165, 1.54) is 35.0 Å². The first-order chi connectivity index (χ1) is 16.0. The minimum atomic E-state index is -0.378. The Kier molecular flexibility index (Phi) is 6.58. The molecule has 172 valence electrons. The molecule has 1 aromatic heterocycles. The van der Waals surface area contributed by atoms with Crippen molar-refractivity contribution in [1.82, 2.24) is 9.78 Å². The zero-order valence-corrected chi connectivity index (χ0v) is 18.5. The summed E-state index contributed by atoms with van der Waals surface area (Å²) in [5, 5.41) is 7.40. The van der Waals surface area contributed by atoms with Crippen LogP contribution < -0.4 is 25.2 Å². The lowest BCUT2D eigenvalue weighted by Gasteiger charge is -2.32. The lowest BCUT2D eigenvalue weighted by atomic mass is 9.96. The van der Waals surface area contributed by atoms with Crippen LogP contribution in [-0.4, -0.2) is 43.0 Å². The summed E-state index contributed by atoms with van der Waals surface area (Å²) in [5.41, 5.74) is 0.843. The van der Waals surface area contributed by atoms with Crippen LogP contribution in [0.1, 0.15) is 12.8 Å². The number of carbonyl (C=O) groups excluding carboxylic acids is 1. The molecule has 3 aromatic rings. The van der Waals surface area contributed by atoms with Gasteiger partial charge in [0.15, 0.2) is 11.5 Å². The number of rotatable bonds is 6. The third-order valence-electron chi connectivity index (χ3n) is 5.70. The molecule has 0 bridgehead atoms. The van der Waals surface area contributed by atoms with Gasteiger partial charge in [0.05, 0.1) is 19.9 Å². The molecule has 33 heavy (non-hydrogen) atoms. The SMILES string of the molecule is COc1ccc(NC(=O)C2CCN(c3ccc(=O)n(-c4ccc(F)cc4)n3)CC2)cc1OC. The highest BCUT2D eigenvalue weighted by atomic mass is 19.1. The van der Waals surface area contributed by atoms with Gasteiger partial charge in [0.1, 0.15) is 11.6 Å². The van der Waals surface area contributed by atoms with Crippen molar-refractivity contribution in [2.45, 2.75) is 12.8 Å². The summed E-state index contributed by atoms with van der Waals surface area (Å²) in [7, 11) is 3.11. The molecule has 0 atom stereocenters. The first kappa shape index (κ1) is 22.3. The van der Waals surface area contributed by atoms with E-state index in [-0.39, 0.29) is 23.2 Å². The van der Waals surface area contributed by atoms with E-state index in [4.69, 9.17) is 9.47 Å². The van der Waals surface area contributed by atoms with Gasteiger partial charge >= 0.3 is 0 Å². The van der Waals surface area contributed by atoms with Gasteiger partial charge in [-0.15, -0.1) is 5.10 Å². The summed E-state index contributed by atoms with van der Waals surface area (Å²) in [4.78, 5) is 27.1. The standard InChI is InChI=1S/C24H25FN4O4/c1-32-20-8-5-18(15-21(20)33-2)26-24(31)16-11-13-28(14-12-16)22-9-10-23(30)29(27-22)19-6-3-17(25)4-7-19/h3-10,15-16H,11-14H2,1-2H3,(H,26,31). The van der Waals surface area contributed by atoms with E-state index in [1.807, 2.05) is 4.90 Å². The summed E-state index contributed by atoms with van der Waals surface area (Å²) < 4.78 is 25.0. The number of ether oxygens (including phenoxy) is 2. The van der Waals surface area contributed by atoms with Crippen molar-refractivity contribution in [3.8, 4) is 17.2 Å². The van der Waals surface area contributed by atoms with Crippen LogP contribution in [0, 0.1) is 11.7 Å². The molecule has 1 fully saturated rings. The number of hydrogen-bond acceptors (Lipinski definition) is 6. The molecular formula is C24H25FN4O4. The van der Waals surface area contributed by atoms with Crippen LogP contribution >= 0.6 is 0 Å². The van der Waals surface area contributed by atoms with Gasteiger partial charge in [-0.25, -0.2) is 4.39 Å². The average molecular weight is 452 g/mol. The maximum atomic E-state index is 13.2. The largest absolute Gasteiger partial charge is 0.493 e. The second kappa shape index (κ2) is 9.72. The molecule has 1 aliphatic rings. The summed E-state index contributed by atoms with van der Waals surface area (Å²) in [6.45, 7) is 1.25. The van der Waals surface area contributed by atoms with Crippen LogP contribution in [0.2, 0.25) is 0 Å². The molecule has 1 amide bonds. The highest BCUT2D eigenvalue weighted by Crippen LogP contribution is 2.30. The molecule has 0 spiro atoms. The average Bonchev–Trinajstić information content (AvgIpc) is 2.85. The van der Waals surface area contributed by atoms with Gasteiger partial charge in [0.2, 0.25) is 5.91 Å².